The molecule has 1 N–H and O–H groups in total. The third-order valence-corrected chi connectivity index (χ3v) is 2.86. The quantitative estimate of drug-likeness (QED) is 0.613. The first-order chi connectivity index (χ1) is 7.27. The fraction of sp³-hybridized carbons (Fsp3) is 0.364. The van der Waals surface area contributed by atoms with Crippen LogP contribution in [0.15, 0.2) is 24.3 Å². The van der Waals surface area contributed by atoms with E-state index in [4.69, 9.17) is 5.11 Å². The number of aliphatic hydroxyl groups is 1. The van der Waals surface area contributed by atoms with Crippen molar-refractivity contribution in [3.05, 3.63) is 35.4 Å². The van der Waals surface area contributed by atoms with Crippen molar-refractivity contribution in [3.63, 3.8) is 0 Å². The SMILES string of the molecule is COC(=O)c1cccc(CSCCO)c1. The Hall–Kier alpha value is -1.00. The first-order valence-electron chi connectivity index (χ1n) is 4.63. The van der Waals surface area contributed by atoms with Crippen LogP contribution in [0.2, 0.25) is 0 Å². The second-order valence-electron chi connectivity index (χ2n) is 2.97. The number of hydrogen-bond donors (Lipinski definition) is 1. The minimum atomic E-state index is -0.316. The van der Waals surface area contributed by atoms with Gasteiger partial charge in [-0.3, -0.25) is 0 Å². The van der Waals surface area contributed by atoms with Crippen molar-refractivity contribution in [1.82, 2.24) is 0 Å². The van der Waals surface area contributed by atoms with E-state index in [9.17, 15) is 4.79 Å². The summed E-state index contributed by atoms with van der Waals surface area (Å²) in [4.78, 5) is 11.2. The minimum absolute atomic E-state index is 0.182. The van der Waals surface area contributed by atoms with E-state index in [0.29, 0.717) is 11.3 Å². The zero-order valence-electron chi connectivity index (χ0n) is 8.60. The number of rotatable bonds is 5. The maximum absolute atomic E-state index is 11.2. The lowest BCUT2D eigenvalue weighted by Crippen LogP contribution is -2.01. The Morgan fingerprint density at radius 3 is 3.00 bits per heavy atom. The van der Waals surface area contributed by atoms with Crippen LogP contribution in [0.4, 0.5) is 0 Å². The highest BCUT2D eigenvalue weighted by molar-refractivity contribution is 7.98. The molecule has 0 atom stereocenters. The lowest BCUT2D eigenvalue weighted by atomic mass is 10.1. The summed E-state index contributed by atoms with van der Waals surface area (Å²) in [5, 5.41) is 8.63. The Morgan fingerprint density at radius 1 is 1.53 bits per heavy atom. The number of carbonyl (C=O) groups is 1. The Balaban J connectivity index is 2.62. The molecule has 0 bridgehead atoms. The van der Waals surface area contributed by atoms with Gasteiger partial charge in [0.05, 0.1) is 19.3 Å². The van der Waals surface area contributed by atoms with E-state index in [1.165, 1.54) is 7.11 Å². The number of hydrogen-bond acceptors (Lipinski definition) is 4. The summed E-state index contributed by atoms with van der Waals surface area (Å²) in [6.45, 7) is 0.182. The van der Waals surface area contributed by atoms with Crippen molar-refractivity contribution in [2.24, 2.45) is 0 Å². The van der Waals surface area contributed by atoms with Crippen LogP contribution in [-0.4, -0.2) is 30.5 Å². The zero-order chi connectivity index (χ0) is 11.1. The second-order valence-corrected chi connectivity index (χ2v) is 4.07. The number of ether oxygens (including phenoxy) is 1. The molecular formula is C11H14O3S. The van der Waals surface area contributed by atoms with Gasteiger partial charge in [-0.2, -0.15) is 11.8 Å². The monoisotopic (exact) mass is 226 g/mol. The number of aliphatic hydroxyl groups excluding tert-OH is 1. The molecular weight excluding hydrogens is 212 g/mol. The maximum Gasteiger partial charge on any atom is 0.337 e. The highest BCUT2D eigenvalue weighted by Gasteiger charge is 2.05. The molecule has 82 valence electrons. The highest BCUT2D eigenvalue weighted by Crippen LogP contribution is 2.13. The van der Waals surface area contributed by atoms with E-state index in [1.54, 1.807) is 17.8 Å². The van der Waals surface area contributed by atoms with Gasteiger partial charge >= 0.3 is 5.97 Å². The molecule has 4 heteroatoms. The van der Waals surface area contributed by atoms with Crippen molar-refractivity contribution in [1.29, 1.82) is 0 Å². The molecule has 0 saturated carbocycles. The number of thioether (sulfide) groups is 1. The molecule has 0 heterocycles. The summed E-state index contributed by atoms with van der Waals surface area (Å²) in [6, 6.07) is 7.33. The van der Waals surface area contributed by atoms with Crippen LogP contribution >= 0.6 is 11.8 Å². The molecule has 0 spiro atoms. The van der Waals surface area contributed by atoms with Gasteiger partial charge in [-0.25, -0.2) is 4.79 Å². The summed E-state index contributed by atoms with van der Waals surface area (Å²) in [5.74, 6) is 1.19. The van der Waals surface area contributed by atoms with Crippen LogP contribution in [0.1, 0.15) is 15.9 Å². The predicted molar refractivity (Wildman–Crippen MR) is 61.0 cm³/mol. The maximum atomic E-state index is 11.2. The second kappa shape index (κ2) is 6.48. The minimum Gasteiger partial charge on any atom is -0.465 e. The molecule has 1 rings (SSSR count). The molecule has 0 radical (unpaired) electrons. The summed E-state index contributed by atoms with van der Waals surface area (Å²) in [5.41, 5.74) is 1.64. The standard InChI is InChI=1S/C11H14O3S/c1-14-11(13)10-4-2-3-9(7-10)8-15-6-5-12/h2-4,7,12H,5-6,8H2,1H3. The average molecular weight is 226 g/mol. The fourth-order valence-electron chi connectivity index (χ4n) is 1.16. The summed E-state index contributed by atoms with van der Waals surface area (Å²) in [7, 11) is 1.37. The van der Waals surface area contributed by atoms with Crippen LogP contribution in [0.3, 0.4) is 0 Å². The van der Waals surface area contributed by atoms with Gasteiger partial charge in [-0.05, 0) is 17.7 Å². The molecule has 0 unspecified atom stereocenters. The lowest BCUT2D eigenvalue weighted by Gasteiger charge is -2.03. The molecule has 0 saturated heterocycles. The van der Waals surface area contributed by atoms with E-state index in [2.05, 4.69) is 4.74 Å². The molecule has 0 aliphatic carbocycles. The summed E-state index contributed by atoms with van der Waals surface area (Å²) in [6.07, 6.45) is 0. The lowest BCUT2D eigenvalue weighted by molar-refractivity contribution is 0.0600. The van der Waals surface area contributed by atoms with Crippen molar-refractivity contribution in [3.8, 4) is 0 Å². The number of carbonyl (C=O) groups excluding carboxylic acids is 1. The smallest absolute Gasteiger partial charge is 0.337 e. The van der Waals surface area contributed by atoms with Crippen LogP contribution in [0.5, 0.6) is 0 Å². The van der Waals surface area contributed by atoms with Crippen molar-refractivity contribution in [2.75, 3.05) is 19.5 Å². The van der Waals surface area contributed by atoms with Crippen LogP contribution in [-0.2, 0) is 10.5 Å². The molecule has 15 heavy (non-hydrogen) atoms. The third-order valence-electron chi connectivity index (χ3n) is 1.85. The molecule has 0 aliphatic rings. The van der Waals surface area contributed by atoms with Gasteiger partial charge in [0, 0.05) is 11.5 Å². The molecule has 3 nitrogen and oxygen atoms in total. The summed E-state index contributed by atoms with van der Waals surface area (Å²) < 4.78 is 4.63. The Morgan fingerprint density at radius 2 is 2.33 bits per heavy atom. The Labute approximate surface area is 93.4 Å². The molecule has 1 aromatic rings. The Kier molecular flexibility index (Phi) is 5.21. The third kappa shape index (κ3) is 3.93. The highest BCUT2D eigenvalue weighted by atomic mass is 32.2. The predicted octanol–water partition coefficient (Wildman–Crippen LogP) is 1.70. The van der Waals surface area contributed by atoms with Gasteiger partial charge in [-0.1, -0.05) is 12.1 Å². The first-order valence-corrected chi connectivity index (χ1v) is 5.79. The Bertz CT molecular complexity index is 325. The first kappa shape index (κ1) is 12.1. The van der Waals surface area contributed by atoms with E-state index in [-0.39, 0.29) is 12.6 Å². The summed E-state index contributed by atoms with van der Waals surface area (Å²) >= 11 is 1.63. The van der Waals surface area contributed by atoms with Crippen LogP contribution in [0, 0.1) is 0 Å². The van der Waals surface area contributed by atoms with Crippen LogP contribution in [0.25, 0.3) is 0 Å². The van der Waals surface area contributed by atoms with E-state index in [0.717, 1.165) is 11.3 Å². The van der Waals surface area contributed by atoms with E-state index < -0.39 is 0 Å². The fourth-order valence-corrected chi connectivity index (χ4v) is 1.85. The van der Waals surface area contributed by atoms with Crippen molar-refractivity contribution in [2.45, 2.75) is 5.75 Å². The average Bonchev–Trinajstić information content (AvgIpc) is 2.29. The zero-order valence-corrected chi connectivity index (χ0v) is 9.42. The van der Waals surface area contributed by atoms with Gasteiger partial charge in [0.2, 0.25) is 0 Å². The van der Waals surface area contributed by atoms with Crippen molar-refractivity contribution >= 4 is 17.7 Å². The van der Waals surface area contributed by atoms with Gasteiger partial charge in [0.15, 0.2) is 0 Å². The van der Waals surface area contributed by atoms with E-state index in [1.807, 2.05) is 18.2 Å². The van der Waals surface area contributed by atoms with E-state index >= 15 is 0 Å². The molecule has 0 amide bonds. The van der Waals surface area contributed by atoms with Gasteiger partial charge in [0.1, 0.15) is 0 Å². The normalized spacial score (nSPS) is 10.0. The van der Waals surface area contributed by atoms with Crippen LogP contribution < -0.4 is 0 Å². The number of esters is 1. The molecule has 0 fully saturated rings. The van der Waals surface area contributed by atoms with Gasteiger partial charge < -0.3 is 9.84 Å². The largest absolute Gasteiger partial charge is 0.465 e. The van der Waals surface area contributed by atoms with Gasteiger partial charge in [0.25, 0.3) is 0 Å². The van der Waals surface area contributed by atoms with Crippen molar-refractivity contribution < 1.29 is 14.6 Å². The number of benzene rings is 1. The molecule has 0 aromatic heterocycles. The molecule has 0 aliphatic heterocycles. The topological polar surface area (TPSA) is 46.5 Å². The molecule has 1 aromatic carbocycles. The van der Waals surface area contributed by atoms with Gasteiger partial charge in [-0.15, -0.1) is 0 Å². The number of methoxy groups -OCH3 is 1.